The summed E-state index contributed by atoms with van der Waals surface area (Å²) in [5, 5.41) is 0. The number of benzene rings is 1. The summed E-state index contributed by atoms with van der Waals surface area (Å²) >= 11 is 0. The van der Waals surface area contributed by atoms with Gasteiger partial charge in [-0.25, -0.2) is 0 Å². The van der Waals surface area contributed by atoms with Crippen molar-refractivity contribution in [3.8, 4) is 5.75 Å². The molecule has 4 fully saturated rings. The van der Waals surface area contributed by atoms with Gasteiger partial charge in [-0.1, -0.05) is 31.4 Å². The standard InChI is InChI=1S/C23H30O2/c1-14-8-16(6-7-21(14)25-2)19-10-20(19)22(24)23-11-15-4-3-5-17(12-23)18(9-15)13-23/h6-8,15,17-20H,3-5,9-13H2,1-2H3. The van der Waals surface area contributed by atoms with Crippen LogP contribution < -0.4 is 4.74 Å². The molecule has 4 aliphatic rings. The van der Waals surface area contributed by atoms with Crippen molar-refractivity contribution in [2.24, 2.45) is 29.1 Å². The van der Waals surface area contributed by atoms with Gasteiger partial charge in [0.1, 0.15) is 11.5 Å². The lowest BCUT2D eigenvalue weighted by Gasteiger charge is -2.37. The molecule has 0 radical (unpaired) electrons. The Balaban J connectivity index is 1.35. The van der Waals surface area contributed by atoms with Crippen LogP contribution >= 0.6 is 0 Å². The molecule has 5 rings (SSSR count). The third-order valence-electron chi connectivity index (χ3n) is 7.97. The van der Waals surface area contributed by atoms with E-state index in [-0.39, 0.29) is 5.41 Å². The first kappa shape index (κ1) is 15.9. The van der Waals surface area contributed by atoms with Crippen molar-refractivity contribution in [1.82, 2.24) is 0 Å². The van der Waals surface area contributed by atoms with Gasteiger partial charge in [0.05, 0.1) is 7.11 Å². The molecule has 2 nitrogen and oxygen atoms in total. The largest absolute Gasteiger partial charge is 0.496 e. The van der Waals surface area contributed by atoms with E-state index in [0.717, 1.165) is 29.9 Å². The Labute approximate surface area is 151 Å². The van der Waals surface area contributed by atoms with Crippen LogP contribution in [0.25, 0.3) is 0 Å². The van der Waals surface area contributed by atoms with Crippen molar-refractivity contribution >= 4 is 5.78 Å². The zero-order valence-corrected chi connectivity index (χ0v) is 15.6. The summed E-state index contributed by atoms with van der Waals surface area (Å²) in [4.78, 5) is 13.5. The van der Waals surface area contributed by atoms with Crippen LogP contribution in [-0.2, 0) is 4.79 Å². The van der Waals surface area contributed by atoms with Crippen molar-refractivity contribution in [3.63, 3.8) is 0 Å². The Morgan fingerprint density at radius 3 is 2.76 bits per heavy atom. The summed E-state index contributed by atoms with van der Waals surface area (Å²) in [5.41, 5.74) is 2.60. The Bertz CT molecular complexity index is 704. The molecule has 0 aliphatic heterocycles. The van der Waals surface area contributed by atoms with Crippen LogP contribution in [0.15, 0.2) is 18.2 Å². The first-order valence-corrected chi connectivity index (χ1v) is 10.3. The number of ketones is 1. The number of fused-ring (bicyclic) bond motifs is 2. The van der Waals surface area contributed by atoms with Gasteiger partial charge in [-0.05, 0) is 79.9 Å². The number of Topliss-reactive ketones (excluding diaryl/α,β-unsaturated/α-hetero) is 1. The highest BCUT2D eigenvalue weighted by molar-refractivity contribution is 5.91. The quantitative estimate of drug-likeness (QED) is 0.746. The first-order valence-electron chi connectivity index (χ1n) is 10.3. The molecule has 0 saturated heterocycles. The molecule has 134 valence electrons. The Kier molecular flexibility index (Phi) is 3.56. The topological polar surface area (TPSA) is 26.3 Å². The fraction of sp³-hybridized carbons (Fsp3) is 0.696. The summed E-state index contributed by atoms with van der Waals surface area (Å²) in [7, 11) is 1.72. The van der Waals surface area contributed by atoms with E-state index in [1.165, 1.54) is 56.1 Å². The van der Waals surface area contributed by atoms with Crippen LogP contribution in [0.1, 0.15) is 68.4 Å². The fourth-order valence-electron chi connectivity index (χ4n) is 6.83. The molecular weight excluding hydrogens is 308 g/mol. The minimum absolute atomic E-state index is 0.0690. The highest BCUT2D eigenvalue weighted by atomic mass is 16.5. The van der Waals surface area contributed by atoms with E-state index in [9.17, 15) is 4.79 Å². The lowest BCUT2D eigenvalue weighted by molar-refractivity contribution is -0.132. The second-order valence-corrected chi connectivity index (χ2v) is 9.49. The van der Waals surface area contributed by atoms with Gasteiger partial charge in [0.2, 0.25) is 0 Å². The number of hydrogen-bond acceptors (Lipinski definition) is 2. The van der Waals surface area contributed by atoms with Crippen LogP contribution in [0.5, 0.6) is 5.75 Å². The normalized spacial score (nSPS) is 41.4. The van der Waals surface area contributed by atoms with Crippen molar-refractivity contribution in [1.29, 1.82) is 0 Å². The smallest absolute Gasteiger partial charge is 0.142 e. The monoisotopic (exact) mass is 338 g/mol. The van der Waals surface area contributed by atoms with E-state index in [2.05, 4.69) is 25.1 Å². The SMILES string of the molecule is COc1ccc(C2CC2C(=O)C23CC4CCCC(C2)C(C4)C3)cc1C. The third kappa shape index (κ3) is 2.47. The Hall–Kier alpha value is -1.31. The molecule has 4 saturated carbocycles. The summed E-state index contributed by atoms with van der Waals surface area (Å²) in [6, 6.07) is 6.48. The molecule has 3 bridgehead atoms. The lowest BCUT2D eigenvalue weighted by Crippen LogP contribution is -2.36. The summed E-state index contributed by atoms with van der Waals surface area (Å²) < 4.78 is 5.38. The molecule has 0 N–H and O–H groups in total. The van der Waals surface area contributed by atoms with E-state index in [0.29, 0.717) is 17.6 Å². The average molecular weight is 338 g/mol. The second kappa shape index (κ2) is 5.59. The third-order valence-corrected chi connectivity index (χ3v) is 7.97. The van der Waals surface area contributed by atoms with Gasteiger partial charge in [-0.3, -0.25) is 4.79 Å². The van der Waals surface area contributed by atoms with E-state index < -0.39 is 0 Å². The molecule has 0 heterocycles. The minimum atomic E-state index is 0.0690. The number of ether oxygens (including phenoxy) is 1. The molecule has 0 amide bonds. The highest BCUT2D eigenvalue weighted by Gasteiger charge is 2.59. The van der Waals surface area contributed by atoms with Crippen molar-refractivity contribution in [2.45, 2.75) is 64.2 Å². The number of methoxy groups -OCH3 is 1. The van der Waals surface area contributed by atoms with E-state index in [4.69, 9.17) is 4.74 Å². The zero-order valence-electron chi connectivity index (χ0n) is 15.6. The molecule has 0 aromatic heterocycles. The summed E-state index contributed by atoms with van der Waals surface area (Å²) in [5.74, 6) is 4.92. The molecule has 1 aromatic rings. The number of carbonyl (C=O) groups excluding carboxylic acids is 1. The van der Waals surface area contributed by atoms with Crippen LogP contribution in [-0.4, -0.2) is 12.9 Å². The first-order chi connectivity index (χ1) is 12.1. The molecule has 4 aliphatic carbocycles. The summed E-state index contributed by atoms with van der Waals surface area (Å²) in [6.45, 7) is 2.10. The van der Waals surface area contributed by atoms with Crippen LogP contribution in [0.3, 0.4) is 0 Å². The molecular formula is C23H30O2. The maximum absolute atomic E-state index is 13.5. The predicted molar refractivity (Wildman–Crippen MR) is 98.8 cm³/mol. The molecule has 1 aromatic carbocycles. The molecule has 25 heavy (non-hydrogen) atoms. The van der Waals surface area contributed by atoms with Crippen LogP contribution in [0, 0.1) is 36.0 Å². The van der Waals surface area contributed by atoms with Gasteiger partial charge in [0.15, 0.2) is 0 Å². The van der Waals surface area contributed by atoms with Gasteiger partial charge in [0.25, 0.3) is 0 Å². The lowest BCUT2D eigenvalue weighted by atomic mass is 9.66. The van der Waals surface area contributed by atoms with E-state index in [1.54, 1.807) is 7.11 Å². The summed E-state index contributed by atoms with van der Waals surface area (Å²) in [6.07, 6.45) is 10.3. The minimum Gasteiger partial charge on any atom is -0.496 e. The van der Waals surface area contributed by atoms with Crippen molar-refractivity contribution in [2.75, 3.05) is 7.11 Å². The number of rotatable bonds is 4. The molecule has 0 spiro atoms. The maximum atomic E-state index is 13.5. The van der Waals surface area contributed by atoms with Gasteiger partial charge in [0, 0.05) is 11.3 Å². The molecule has 2 heteroatoms. The number of carbonyl (C=O) groups is 1. The van der Waals surface area contributed by atoms with Crippen molar-refractivity contribution in [3.05, 3.63) is 29.3 Å². The predicted octanol–water partition coefficient (Wildman–Crippen LogP) is 5.28. The van der Waals surface area contributed by atoms with Gasteiger partial charge in [-0.15, -0.1) is 0 Å². The average Bonchev–Trinajstić information content (AvgIpc) is 3.36. The molecule has 6 unspecified atom stereocenters. The van der Waals surface area contributed by atoms with Gasteiger partial charge >= 0.3 is 0 Å². The van der Waals surface area contributed by atoms with E-state index in [1.807, 2.05) is 0 Å². The Morgan fingerprint density at radius 1 is 1.12 bits per heavy atom. The zero-order chi connectivity index (χ0) is 17.2. The molecule has 6 atom stereocenters. The Morgan fingerprint density at radius 2 is 1.96 bits per heavy atom. The highest BCUT2D eigenvalue weighted by Crippen LogP contribution is 2.64. The van der Waals surface area contributed by atoms with Crippen LogP contribution in [0.4, 0.5) is 0 Å². The number of hydrogen-bond donors (Lipinski definition) is 0. The number of aryl methyl sites for hydroxylation is 1. The van der Waals surface area contributed by atoms with Gasteiger partial charge < -0.3 is 4.74 Å². The second-order valence-electron chi connectivity index (χ2n) is 9.49. The van der Waals surface area contributed by atoms with Gasteiger partial charge in [-0.2, -0.15) is 0 Å². The maximum Gasteiger partial charge on any atom is 0.142 e. The fourth-order valence-corrected chi connectivity index (χ4v) is 6.83. The van der Waals surface area contributed by atoms with Crippen molar-refractivity contribution < 1.29 is 9.53 Å². The van der Waals surface area contributed by atoms with E-state index >= 15 is 0 Å². The van der Waals surface area contributed by atoms with Crippen LogP contribution in [0.2, 0.25) is 0 Å².